The molecule has 1 rings (SSSR count). The highest BCUT2D eigenvalue weighted by molar-refractivity contribution is 5.96. The Labute approximate surface area is 92.0 Å². The summed E-state index contributed by atoms with van der Waals surface area (Å²) in [6.07, 6.45) is 0. The number of methoxy groups -OCH3 is 2. The highest BCUT2D eigenvalue weighted by Gasteiger charge is 2.17. The van der Waals surface area contributed by atoms with Gasteiger partial charge in [-0.3, -0.25) is 0 Å². The Morgan fingerprint density at radius 3 is 2.19 bits per heavy atom. The molecule has 0 unspecified atom stereocenters. The zero-order valence-corrected chi connectivity index (χ0v) is 9.17. The summed E-state index contributed by atoms with van der Waals surface area (Å²) >= 11 is 0. The summed E-state index contributed by atoms with van der Waals surface area (Å²) in [6.45, 7) is 1.43. The van der Waals surface area contributed by atoms with E-state index in [0.717, 1.165) is 6.07 Å². The standard InChI is InChI=1S/C11H11FO4/c1-6-8(11(14)16-3)4-7(5-9(6)12)10(13)15-2/h4-5H,1-3H3. The molecule has 0 spiro atoms. The lowest BCUT2D eigenvalue weighted by molar-refractivity contribution is 0.0597. The molecule has 0 aliphatic carbocycles. The summed E-state index contributed by atoms with van der Waals surface area (Å²) in [6, 6.07) is 2.27. The quantitative estimate of drug-likeness (QED) is 0.720. The summed E-state index contributed by atoms with van der Waals surface area (Å²) in [7, 11) is 2.36. The minimum absolute atomic E-state index is 0.0166. The van der Waals surface area contributed by atoms with Crippen LogP contribution < -0.4 is 0 Å². The molecule has 0 bridgehead atoms. The molecular weight excluding hydrogens is 215 g/mol. The predicted octanol–water partition coefficient (Wildman–Crippen LogP) is 1.71. The van der Waals surface area contributed by atoms with Crippen LogP contribution in [-0.2, 0) is 9.47 Å². The zero-order valence-electron chi connectivity index (χ0n) is 9.17. The van der Waals surface area contributed by atoms with Crippen molar-refractivity contribution in [1.82, 2.24) is 0 Å². The van der Waals surface area contributed by atoms with Gasteiger partial charge in [0.2, 0.25) is 0 Å². The average molecular weight is 226 g/mol. The van der Waals surface area contributed by atoms with E-state index >= 15 is 0 Å². The number of esters is 2. The first kappa shape index (κ1) is 12.2. The van der Waals surface area contributed by atoms with Crippen LogP contribution in [0.25, 0.3) is 0 Å². The van der Waals surface area contributed by atoms with E-state index in [9.17, 15) is 14.0 Å². The van der Waals surface area contributed by atoms with Crippen LogP contribution >= 0.6 is 0 Å². The van der Waals surface area contributed by atoms with Crippen LogP contribution in [0.1, 0.15) is 26.3 Å². The maximum atomic E-state index is 13.4. The highest BCUT2D eigenvalue weighted by atomic mass is 19.1. The number of halogens is 1. The molecule has 0 saturated carbocycles. The maximum absolute atomic E-state index is 13.4. The second-order valence-corrected chi connectivity index (χ2v) is 3.11. The average Bonchev–Trinajstić information content (AvgIpc) is 2.30. The number of ether oxygens (including phenoxy) is 2. The molecule has 0 aliphatic heterocycles. The molecule has 0 aliphatic rings. The van der Waals surface area contributed by atoms with Gasteiger partial charge in [0, 0.05) is 0 Å². The van der Waals surface area contributed by atoms with E-state index in [-0.39, 0.29) is 16.7 Å². The van der Waals surface area contributed by atoms with Crippen LogP contribution in [0.2, 0.25) is 0 Å². The van der Waals surface area contributed by atoms with Crippen molar-refractivity contribution >= 4 is 11.9 Å². The predicted molar refractivity (Wildman–Crippen MR) is 53.8 cm³/mol. The van der Waals surface area contributed by atoms with Gasteiger partial charge in [-0.2, -0.15) is 0 Å². The molecule has 0 N–H and O–H groups in total. The molecule has 0 amide bonds. The van der Waals surface area contributed by atoms with Gasteiger partial charge in [-0.1, -0.05) is 0 Å². The van der Waals surface area contributed by atoms with Gasteiger partial charge in [-0.25, -0.2) is 14.0 Å². The summed E-state index contributed by atoms with van der Waals surface area (Å²) < 4.78 is 22.3. The topological polar surface area (TPSA) is 52.6 Å². The smallest absolute Gasteiger partial charge is 0.338 e. The van der Waals surface area contributed by atoms with Gasteiger partial charge in [-0.15, -0.1) is 0 Å². The number of carbonyl (C=O) groups excluding carboxylic acids is 2. The molecule has 0 aromatic heterocycles. The van der Waals surface area contributed by atoms with E-state index < -0.39 is 17.8 Å². The SMILES string of the molecule is COC(=O)c1cc(F)c(C)c(C(=O)OC)c1. The Bertz CT molecular complexity index is 440. The van der Waals surface area contributed by atoms with Gasteiger partial charge in [0.15, 0.2) is 0 Å². The molecule has 0 radical (unpaired) electrons. The van der Waals surface area contributed by atoms with E-state index in [0.29, 0.717) is 0 Å². The van der Waals surface area contributed by atoms with E-state index in [1.165, 1.54) is 27.2 Å². The first-order valence-corrected chi connectivity index (χ1v) is 4.48. The minimum atomic E-state index is -0.705. The lowest BCUT2D eigenvalue weighted by atomic mass is 10.0. The second-order valence-electron chi connectivity index (χ2n) is 3.11. The first-order chi connectivity index (χ1) is 7.51. The third-order valence-corrected chi connectivity index (χ3v) is 2.17. The van der Waals surface area contributed by atoms with Crippen LogP contribution in [0, 0.1) is 12.7 Å². The molecule has 0 atom stereocenters. The Balaban J connectivity index is 3.33. The Hall–Kier alpha value is -1.91. The third kappa shape index (κ3) is 2.18. The van der Waals surface area contributed by atoms with Crippen molar-refractivity contribution in [2.75, 3.05) is 14.2 Å². The molecule has 0 heterocycles. The van der Waals surface area contributed by atoms with Gasteiger partial charge < -0.3 is 9.47 Å². The third-order valence-electron chi connectivity index (χ3n) is 2.17. The van der Waals surface area contributed by atoms with Crippen molar-refractivity contribution < 1.29 is 23.5 Å². The lowest BCUT2D eigenvalue weighted by Gasteiger charge is -2.07. The number of benzene rings is 1. The lowest BCUT2D eigenvalue weighted by Crippen LogP contribution is -2.10. The van der Waals surface area contributed by atoms with Gasteiger partial charge in [0.25, 0.3) is 0 Å². The summed E-state index contributed by atoms with van der Waals surface area (Å²) in [5, 5.41) is 0. The summed E-state index contributed by atoms with van der Waals surface area (Å²) in [4.78, 5) is 22.5. The zero-order chi connectivity index (χ0) is 12.3. The normalized spacial score (nSPS) is 9.75. The summed E-state index contributed by atoms with van der Waals surface area (Å²) in [5.74, 6) is -2.05. The number of hydrogen-bond acceptors (Lipinski definition) is 4. The molecule has 1 aromatic carbocycles. The number of carbonyl (C=O) groups is 2. The molecule has 4 nitrogen and oxygen atoms in total. The summed E-state index contributed by atoms with van der Waals surface area (Å²) in [5.41, 5.74) is 0.133. The monoisotopic (exact) mass is 226 g/mol. The molecule has 0 fully saturated rings. The van der Waals surface area contributed by atoms with Gasteiger partial charge in [0.05, 0.1) is 25.3 Å². The van der Waals surface area contributed by atoms with Crippen molar-refractivity contribution in [1.29, 1.82) is 0 Å². The number of rotatable bonds is 2. The fourth-order valence-electron chi connectivity index (χ4n) is 1.24. The molecular formula is C11H11FO4. The van der Waals surface area contributed by atoms with E-state index in [1.54, 1.807) is 0 Å². The van der Waals surface area contributed by atoms with E-state index in [2.05, 4.69) is 9.47 Å². The van der Waals surface area contributed by atoms with E-state index in [4.69, 9.17) is 0 Å². The van der Waals surface area contributed by atoms with Crippen molar-refractivity contribution in [3.63, 3.8) is 0 Å². The maximum Gasteiger partial charge on any atom is 0.338 e. The number of hydrogen-bond donors (Lipinski definition) is 0. The van der Waals surface area contributed by atoms with Crippen molar-refractivity contribution in [3.05, 3.63) is 34.6 Å². The van der Waals surface area contributed by atoms with Gasteiger partial charge >= 0.3 is 11.9 Å². The van der Waals surface area contributed by atoms with Crippen LogP contribution in [0.15, 0.2) is 12.1 Å². The Morgan fingerprint density at radius 1 is 1.12 bits per heavy atom. The molecule has 5 heteroatoms. The fourth-order valence-corrected chi connectivity index (χ4v) is 1.24. The van der Waals surface area contributed by atoms with Gasteiger partial charge in [0.1, 0.15) is 5.82 Å². The minimum Gasteiger partial charge on any atom is -0.465 e. The van der Waals surface area contributed by atoms with E-state index in [1.807, 2.05) is 0 Å². The van der Waals surface area contributed by atoms with Crippen LogP contribution in [0.3, 0.4) is 0 Å². The molecule has 16 heavy (non-hydrogen) atoms. The van der Waals surface area contributed by atoms with Crippen LogP contribution in [0.5, 0.6) is 0 Å². The second kappa shape index (κ2) is 4.74. The largest absolute Gasteiger partial charge is 0.465 e. The molecule has 1 aromatic rings. The van der Waals surface area contributed by atoms with Crippen molar-refractivity contribution in [2.45, 2.75) is 6.92 Å². The fraction of sp³-hybridized carbons (Fsp3) is 0.273. The van der Waals surface area contributed by atoms with Crippen LogP contribution in [-0.4, -0.2) is 26.2 Å². The van der Waals surface area contributed by atoms with Crippen molar-refractivity contribution in [3.8, 4) is 0 Å². The Kier molecular flexibility index (Phi) is 3.60. The Morgan fingerprint density at radius 2 is 1.69 bits per heavy atom. The molecule has 86 valence electrons. The van der Waals surface area contributed by atoms with Crippen molar-refractivity contribution in [2.24, 2.45) is 0 Å². The first-order valence-electron chi connectivity index (χ1n) is 4.48. The molecule has 0 saturated heterocycles. The van der Waals surface area contributed by atoms with Gasteiger partial charge in [-0.05, 0) is 24.6 Å². The van der Waals surface area contributed by atoms with Crippen LogP contribution in [0.4, 0.5) is 4.39 Å². The highest BCUT2D eigenvalue weighted by Crippen LogP contribution is 2.17.